The van der Waals surface area contributed by atoms with Gasteiger partial charge in [-0.15, -0.1) is 0 Å². The minimum atomic E-state index is -4.40. The summed E-state index contributed by atoms with van der Waals surface area (Å²) in [6.07, 6.45) is -1.08. The minimum absolute atomic E-state index is 0.00590. The van der Waals surface area contributed by atoms with Crippen LogP contribution in [0.5, 0.6) is 0 Å². The van der Waals surface area contributed by atoms with Gasteiger partial charge in [0, 0.05) is 6.54 Å². The van der Waals surface area contributed by atoms with Crippen molar-refractivity contribution in [2.24, 2.45) is 5.41 Å². The lowest BCUT2D eigenvalue weighted by atomic mass is 9.88. The number of halogens is 4. The average Bonchev–Trinajstić information content (AvgIpc) is 3.17. The molecule has 1 aliphatic rings. The Kier molecular flexibility index (Phi) is 6.73. The normalized spacial score (nSPS) is 18.3. The van der Waals surface area contributed by atoms with Crippen LogP contribution in [0.15, 0.2) is 30.6 Å². The number of nitrogens with zero attached hydrogens (tertiary/aromatic N) is 3. The lowest BCUT2D eigenvalue weighted by Crippen LogP contribution is -2.31. The molecule has 170 valence electrons. The molecular weight excluding hydrogens is 412 g/mol. The highest BCUT2D eigenvalue weighted by atomic mass is 19.4. The Bertz CT molecular complexity index is 881. The van der Waals surface area contributed by atoms with E-state index in [0.29, 0.717) is 24.9 Å². The van der Waals surface area contributed by atoms with Gasteiger partial charge in [0.1, 0.15) is 6.33 Å². The van der Waals surface area contributed by atoms with E-state index in [1.54, 1.807) is 4.90 Å². The Morgan fingerprint density at radius 3 is 2.42 bits per heavy atom. The van der Waals surface area contributed by atoms with Gasteiger partial charge in [-0.1, -0.05) is 32.9 Å². The van der Waals surface area contributed by atoms with Crippen LogP contribution >= 0.6 is 0 Å². The maximum Gasteiger partial charge on any atom is 0.416 e. The molecule has 0 aliphatic carbocycles. The van der Waals surface area contributed by atoms with Gasteiger partial charge in [0.25, 0.3) is 0 Å². The summed E-state index contributed by atoms with van der Waals surface area (Å²) in [5.41, 5.74) is -0.108. The Morgan fingerprint density at radius 2 is 1.84 bits per heavy atom. The van der Waals surface area contributed by atoms with Crippen LogP contribution in [0.25, 0.3) is 0 Å². The van der Waals surface area contributed by atoms with Crippen LogP contribution in [0.3, 0.4) is 0 Å². The molecule has 1 saturated heterocycles. The number of alkyl halides is 3. The number of nitrogens with one attached hydrogen (secondary N) is 1. The summed E-state index contributed by atoms with van der Waals surface area (Å²) < 4.78 is 53.9. The van der Waals surface area contributed by atoms with Gasteiger partial charge in [-0.2, -0.15) is 17.6 Å². The number of aliphatic hydroxyl groups is 1. The van der Waals surface area contributed by atoms with Gasteiger partial charge in [-0.3, -0.25) is 0 Å². The molecule has 0 bridgehead atoms. The van der Waals surface area contributed by atoms with E-state index >= 15 is 4.39 Å². The number of hydrogen-bond donors (Lipinski definition) is 2. The van der Waals surface area contributed by atoms with Crippen molar-refractivity contribution in [1.82, 2.24) is 9.97 Å². The number of benzene rings is 1. The number of aliphatic hydroxyl groups excluding tert-OH is 1. The summed E-state index contributed by atoms with van der Waals surface area (Å²) >= 11 is 0. The second kappa shape index (κ2) is 8.98. The highest BCUT2D eigenvalue weighted by molar-refractivity contribution is 5.53. The first-order valence-electron chi connectivity index (χ1n) is 10.3. The van der Waals surface area contributed by atoms with Crippen LogP contribution in [0.1, 0.15) is 57.2 Å². The zero-order valence-electron chi connectivity index (χ0n) is 17.9. The molecule has 1 aliphatic heterocycles. The molecule has 1 fully saturated rings. The molecule has 9 heteroatoms. The SMILES string of the molecule is CC(C)(C)C[C@H](CO)Nc1ncnc(N2CCCC2c2ccc(C(F)(F)F)cc2)c1F. The van der Waals surface area contributed by atoms with E-state index in [0.717, 1.165) is 18.6 Å². The second-order valence-electron chi connectivity index (χ2n) is 9.12. The number of rotatable bonds is 6. The number of hydrogen-bond acceptors (Lipinski definition) is 5. The molecule has 2 atom stereocenters. The summed E-state index contributed by atoms with van der Waals surface area (Å²) in [4.78, 5) is 9.89. The molecule has 1 aromatic carbocycles. The van der Waals surface area contributed by atoms with Crippen molar-refractivity contribution in [2.45, 2.75) is 58.3 Å². The molecule has 2 heterocycles. The van der Waals surface area contributed by atoms with Gasteiger partial charge in [-0.25, -0.2) is 9.97 Å². The average molecular weight is 440 g/mol. The van der Waals surface area contributed by atoms with Crippen molar-refractivity contribution in [3.8, 4) is 0 Å². The van der Waals surface area contributed by atoms with Gasteiger partial charge >= 0.3 is 6.18 Å². The lowest BCUT2D eigenvalue weighted by Gasteiger charge is -2.28. The van der Waals surface area contributed by atoms with Crippen molar-refractivity contribution in [3.63, 3.8) is 0 Å². The van der Waals surface area contributed by atoms with Crippen molar-refractivity contribution in [3.05, 3.63) is 47.5 Å². The van der Waals surface area contributed by atoms with Crippen molar-refractivity contribution in [2.75, 3.05) is 23.4 Å². The summed E-state index contributed by atoms with van der Waals surface area (Å²) in [5.74, 6) is -0.521. The molecule has 31 heavy (non-hydrogen) atoms. The standard InChI is InChI=1S/C22H28F4N4O/c1-21(2,3)11-16(12-31)29-19-18(23)20(28-13-27-19)30-10-4-5-17(30)14-6-8-15(9-7-14)22(24,25)26/h6-9,13,16-17,31H,4-5,10-12H2,1-3H3,(H,27,28,29)/t16-,17?/m1/s1. The van der Waals surface area contributed by atoms with E-state index < -0.39 is 17.6 Å². The molecule has 0 saturated carbocycles. The summed E-state index contributed by atoms with van der Waals surface area (Å²) in [5, 5.41) is 12.6. The van der Waals surface area contributed by atoms with Crippen LogP contribution in [-0.4, -0.2) is 34.3 Å². The van der Waals surface area contributed by atoms with Crippen molar-refractivity contribution >= 4 is 11.6 Å². The third kappa shape index (κ3) is 5.64. The lowest BCUT2D eigenvalue weighted by molar-refractivity contribution is -0.137. The van der Waals surface area contributed by atoms with E-state index in [1.165, 1.54) is 18.5 Å². The van der Waals surface area contributed by atoms with Crippen LogP contribution in [-0.2, 0) is 6.18 Å². The van der Waals surface area contributed by atoms with Gasteiger partial charge in [0.05, 0.1) is 24.3 Å². The summed E-state index contributed by atoms with van der Waals surface area (Å²) in [6, 6.07) is 4.33. The monoisotopic (exact) mass is 440 g/mol. The van der Waals surface area contributed by atoms with E-state index in [2.05, 4.69) is 15.3 Å². The first-order chi connectivity index (χ1) is 14.5. The zero-order chi connectivity index (χ0) is 22.8. The fourth-order valence-electron chi connectivity index (χ4n) is 4.02. The minimum Gasteiger partial charge on any atom is -0.394 e. The maximum absolute atomic E-state index is 15.3. The number of anilines is 2. The predicted octanol–water partition coefficient (Wildman–Crippen LogP) is 5.19. The van der Waals surface area contributed by atoms with E-state index in [9.17, 15) is 18.3 Å². The Balaban J connectivity index is 1.84. The highest BCUT2D eigenvalue weighted by Crippen LogP contribution is 2.38. The van der Waals surface area contributed by atoms with Crippen LogP contribution in [0.2, 0.25) is 0 Å². The van der Waals surface area contributed by atoms with Gasteiger partial charge < -0.3 is 15.3 Å². The largest absolute Gasteiger partial charge is 0.416 e. The number of aromatic nitrogens is 2. The Morgan fingerprint density at radius 1 is 1.16 bits per heavy atom. The van der Waals surface area contributed by atoms with Gasteiger partial charge in [0.2, 0.25) is 5.82 Å². The third-order valence-electron chi connectivity index (χ3n) is 5.34. The Labute approximate surface area is 179 Å². The second-order valence-corrected chi connectivity index (χ2v) is 9.12. The van der Waals surface area contributed by atoms with Gasteiger partial charge in [-0.05, 0) is 42.4 Å². The fourth-order valence-corrected chi connectivity index (χ4v) is 4.02. The summed E-state index contributed by atoms with van der Waals surface area (Å²) in [7, 11) is 0. The first-order valence-corrected chi connectivity index (χ1v) is 10.3. The van der Waals surface area contributed by atoms with Gasteiger partial charge in [0.15, 0.2) is 11.6 Å². The summed E-state index contributed by atoms with van der Waals surface area (Å²) in [6.45, 7) is 6.44. The predicted molar refractivity (Wildman–Crippen MR) is 111 cm³/mol. The third-order valence-corrected chi connectivity index (χ3v) is 5.34. The van der Waals surface area contributed by atoms with E-state index in [-0.39, 0.29) is 35.7 Å². The maximum atomic E-state index is 15.3. The molecular formula is C22H28F4N4O. The van der Waals surface area contributed by atoms with Crippen molar-refractivity contribution < 1.29 is 22.7 Å². The molecule has 2 aromatic rings. The molecule has 1 aromatic heterocycles. The molecule has 3 rings (SSSR count). The smallest absolute Gasteiger partial charge is 0.394 e. The molecule has 1 unspecified atom stereocenters. The molecule has 0 spiro atoms. The molecule has 0 amide bonds. The first kappa shape index (κ1) is 23.2. The fraction of sp³-hybridized carbons (Fsp3) is 0.545. The quantitative estimate of drug-likeness (QED) is 0.606. The molecule has 5 nitrogen and oxygen atoms in total. The van der Waals surface area contributed by atoms with Crippen LogP contribution in [0, 0.1) is 11.2 Å². The zero-order valence-corrected chi connectivity index (χ0v) is 17.9. The van der Waals surface area contributed by atoms with Crippen LogP contribution < -0.4 is 10.2 Å². The molecule has 0 radical (unpaired) electrons. The Hall–Kier alpha value is -2.42. The van der Waals surface area contributed by atoms with Crippen molar-refractivity contribution in [1.29, 1.82) is 0 Å². The highest BCUT2D eigenvalue weighted by Gasteiger charge is 2.33. The van der Waals surface area contributed by atoms with E-state index in [1.807, 2.05) is 20.8 Å². The van der Waals surface area contributed by atoms with E-state index in [4.69, 9.17) is 0 Å². The topological polar surface area (TPSA) is 61.3 Å². The molecule has 2 N–H and O–H groups in total. The van der Waals surface area contributed by atoms with Crippen LogP contribution in [0.4, 0.5) is 29.2 Å².